The van der Waals surface area contributed by atoms with Gasteiger partial charge in [-0.3, -0.25) is 9.59 Å². The van der Waals surface area contributed by atoms with Crippen molar-refractivity contribution in [2.45, 2.75) is 18.8 Å². The number of amides is 1. The number of carbonyl (C=O) groups excluding carboxylic acids is 1. The van der Waals surface area contributed by atoms with Gasteiger partial charge >= 0.3 is 0 Å². The standard InChI is InChI=1S/C17H16N4O2S2/c22-15-7-12(18-10-19-15)11-3-1-5-21(8-11)17(23)13-9-25-16(20-13)14-4-2-6-24-14/h2,4,6-7,9-11H,1,3,5,8H2,(H,18,19,22)/t11-/m0/s1. The van der Waals surface area contributed by atoms with Crippen LogP contribution < -0.4 is 5.56 Å². The number of carbonyl (C=O) groups is 1. The van der Waals surface area contributed by atoms with Crippen LogP contribution in [0.15, 0.2) is 40.1 Å². The summed E-state index contributed by atoms with van der Waals surface area (Å²) in [7, 11) is 0. The molecule has 1 amide bonds. The zero-order valence-corrected chi connectivity index (χ0v) is 15.0. The van der Waals surface area contributed by atoms with E-state index < -0.39 is 0 Å². The van der Waals surface area contributed by atoms with Gasteiger partial charge in [-0.1, -0.05) is 6.07 Å². The molecule has 1 fully saturated rings. The second-order valence-electron chi connectivity index (χ2n) is 5.94. The minimum Gasteiger partial charge on any atom is -0.337 e. The summed E-state index contributed by atoms with van der Waals surface area (Å²) < 4.78 is 0. The first-order valence-corrected chi connectivity index (χ1v) is 9.80. The molecule has 3 aromatic rings. The summed E-state index contributed by atoms with van der Waals surface area (Å²) in [5.41, 5.74) is 1.08. The number of H-pyrrole nitrogens is 1. The Bertz CT molecular complexity index is 932. The number of hydrogen-bond acceptors (Lipinski definition) is 6. The molecule has 0 unspecified atom stereocenters. The third-order valence-electron chi connectivity index (χ3n) is 4.28. The minimum absolute atomic E-state index is 0.0476. The molecule has 25 heavy (non-hydrogen) atoms. The van der Waals surface area contributed by atoms with E-state index in [2.05, 4.69) is 15.0 Å². The molecule has 0 spiro atoms. The van der Waals surface area contributed by atoms with Crippen LogP contribution in [0.25, 0.3) is 9.88 Å². The van der Waals surface area contributed by atoms with Crippen LogP contribution in [0, 0.1) is 0 Å². The van der Waals surface area contributed by atoms with Gasteiger partial charge in [-0.15, -0.1) is 22.7 Å². The molecule has 8 heteroatoms. The number of hydrogen-bond donors (Lipinski definition) is 1. The summed E-state index contributed by atoms with van der Waals surface area (Å²) in [6.45, 7) is 1.28. The van der Waals surface area contributed by atoms with Crippen molar-refractivity contribution in [3.63, 3.8) is 0 Å². The molecule has 0 aliphatic carbocycles. The number of rotatable bonds is 3. The van der Waals surface area contributed by atoms with Crippen LogP contribution in [0.2, 0.25) is 0 Å². The first-order valence-electron chi connectivity index (χ1n) is 8.04. The summed E-state index contributed by atoms with van der Waals surface area (Å²) in [4.78, 5) is 38.5. The molecule has 4 heterocycles. The number of nitrogens with zero attached hydrogens (tertiary/aromatic N) is 3. The van der Waals surface area contributed by atoms with E-state index >= 15 is 0 Å². The molecule has 1 aliphatic heterocycles. The SMILES string of the molecule is O=C(c1csc(-c2cccs2)n1)N1CCC[C@H](c2cc(=O)[nH]cn2)C1. The third-order valence-corrected chi connectivity index (χ3v) is 6.16. The zero-order chi connectivity index (χ0) is 17.2. The van der Waals surface area contributed by atoms with Gasteiger partial charge in [0.05, 0.1) is 16.9 Å². The van der Waals surface area contributed by atoms with Crippen LogP contribution in [0.5, 0.6) is 0 Å². The number of nitrogens with one attached hydrogen (secondary N) is 1. The summed E-state index contributed by atoms with van der Waals surface area (Å²) in [6, 6.07) is 5.51. The van der Waals surface area contributed by atoms with Gasteiger partial charge in [0.1, 0.15) is 10.7 Å². The lowest BCUT2D eigenvalue weighted by molar-refractivity contribution is 0.0701. The van der Waals surface area contributed by atoms with E-state index in [4.69, 9.17) is 0 Å². The van der Waals surface area contributed by atoms with Crippen molar-refractivity contribution in [1.29, 1.82) is 0 Å². The van der Waals surface area contributed by atoms with Crippen molar-refractivity contribution in [2.24, 2.45) is 0 Å². The molecular formula is C17H16N4O2S2. The maximum atomic E-state index is 12.8. The molecule has 0 aromatic carbocycles. The molecule has 6 nitrogen and oxygen atoms in total. The molecule has 4 rings (SSSR count). The number of piperidine rings is 1. The van der Waals surface area contributed by atoms with Crippen LogP contribution >= 0.6 is 22.7 Å². The van der Waals surface area contributed by atoms with Gasteiger partial charge in [0.15, 0.2) is 0 Å². The number of thiophene rings is 1. The molecule has 0 bridgehead atoms. The lowest BCUT2D eigenvalue weighted by Crippen LogP contribution is -2.39. The van der Waals surface area contributed by atoms with Crippen LogP contribution in [-0.2, 0) is 0 Å². The van der Waals surface area contributed by atoms with Gasteiger partial charge in [0.25, 0.3) is 11.5 Å². The Kier molecular flexibility index (Phi) is 4.46. The fourth-order valence-electron chi connectivity index (χ4n) is 3.06. The predicted octanol–water partition coefficient (Wildman–Crippen LogP) is 2.97. The average molecular weight is 372 g/mol. The fourth-order valence-corrected chi connectivity index (χ4v) is 4.67. The van der Waals surface area contributed by atoms with E-state index in [-0.39, 0.29) is 17.4 Å². The Morgan fingerprint density at radius 2 is 2.28 bits per heavy atom. The fraction of sp³-hybridized carbons (Fsp3) is 0.294. The lowest BCUT2D eigenvalue weighted by atomic mass is 9.94. The third kappa shape index (κ3) is 3.40. The smallest absolute Gasteiger partial charge is 0.273 e. The topological polar surface area (TPSA) is 79.0 Å². The quantitative estimate of drug-likeness (QED) is 0.767. The van der Waals surface area contributed by atoms with E-state index in [0.29, 0.717) is 18.8 Å². The minimum atomic E-state index is -0.159. The number of aromatic nitrogens is 3. The van der Waals surface area contributed by atoms with Gasteiger partial charge in [0.2, 0.25) is 0 Å². The Morgan fingerprint density at radius 1 is 1.36 bits per heavy atom. The molecule has 1 saturated heterocycles. The first-order chi connectivity index (χ1) is 12.2. The highest BCUT2D eigenvalue weighted by molar-refractivity contribution is 7.20. The van der Waals surface area contributed by atoms with Gasteiger partial charge in [-0.25, -0.2) is 9.97 Å². The predicted molar refractivity (Wildman–Crippen MR) is 98.2 cm³/mol. The summed E-state index contributed by atoms with van der Waals surface area (Å²) in [5.74, 6) is 0.0454. The number of likely N-dealkylation sites (tertiary alicyclic amines) is 1. The van der Waals surface area contributed by atoms with Crippen LogP contribution in [0.3, 0.4) is 0 Å². The molecule has 0 saturated carbocycles. The maximum absolute atomic E-state index is 12.8. The van der Waals surface area contributed by atoms with Crippen LogP contribution in [0.4, 0.5) is 0 Å². The normalized spacial score (nSPS) is 17.6. The Morgan fingerprint density at radius 3 is 3.08 bits per heavy atom. The maximum Gasteiger partial charge on any atom is 0.273 e. The molecule has 3 aromatic heterocycles. The lowest BCUT2D eigenvalue weighted by Gasteiger charge is -2.31. The van der Waals surface area contributed by atoms with Crippen molar-refractivity contribution in [2.75, 3.05) is 13.1 Å². The van der Waals surface area contributed by atoms with E-state index in [1.54, 1.807) is 11.3 Å². The zero-order valence-electron chi connectivity index (χ0n) is 13.3. The Labute approximate surface area is 152 Å². The second kappa shape index (κ2) is 6.89. The van der Waals surface area contributed by atoms with Gasteiger partial charge < -0.3 is 9.88 Å². The van der Waals surface area contributed by atoms with Crippen molar-refractivity contribution in [3.8, 4) is 9.88 Å². The molecule has 1 N–H and O–H groups in total. The number of aromatic amines is 1. The highest BCUT2D eigenvalue weighted by Crippen LogP contribution is 2.30. The summed E-state index contributed by atoms with van der Waals surface area (Å²) in [5, 5.41) is 4.71. The highest BCUT2D eigenvalue weighted by Gasteiger charge is 2.27. The molecule has 128 valence electrons. The molecule has 1 atom stereocenters. The van der Waals surface area contributed by atoms with E-state index in [1.807, 2.05) is 27.8 Å². The highest BCUT2D eigenvalue weighted by atomic mass is 32.1. The van der Waals surface area contributed by atoms with E-state index in [1.165, 1.54) is 23.7 Å². The van der Waals surface area contributed by atoms with Crippen molar-refractivity contribution in [3.05, 3.63) is 57.0 Å². The Balaban J connectivity index is 1.51. The van der Waals surface area contributed by atoms with Crippen LogP contribution in [-0.4, -0.2) is 38.8 Å². The molecular weight excluding hydrogens is 356 g/mol. The van der Waals surface area contributed by atoms with E-state index in [0.717, 1.165) is 28.4 Å². The summed E-state index contributed by atoms with van der Waals surface area (Å²) in [6.07, 6.45) is 3.25. The van der Waals surface area contributed by atoms with Crippen LogP contribution in [0.1, 0.15) is 34.9 Å². The van der Waals surface area contributed by atoms with Crippen molar-refractivity contribution in [1.82, 2.24) is 19.9 Å². The van der Waals surface area contributed by atoms with Gasteiger partial charge in [-0.05, 0) is 24.3 Å². The summed E-state index contributed by atoms with van der Waals surface area (Å²) >= 11 is 3.11. The van der Waals surface area contributed by atoms with Crippen molar-refractivity contribution < 1.29 is 4.79 Å². The van der Waals surface area contributed by atoms with Crippen molar-refractivity contribution >= 4 is 28.6 Å². The largest absolute Gasteiger partial charge is 0.337 e. The first kappa shape index (κ1) is 16.2. The molecule has 1 aliphatic rings. The molecule has 0 radical (unpaired) electrons. The number of thiazole rings is 1. The van der Waals surface area contributed by atoms with Gasteiger partial charge in [-0.2, -0.15) is 0 Å². The average Bonchev–Trinajstić information content (AvgIpc) is 3.32. The second-order valence-corrected chi connectivity index (χ2v) is 7.75. The monoisotopic (exact) mass is 372 g/mol. The van der Waals surface area contributed by atoms with Gasteiger partial charge in [0, 0.05) is 30.5 Å². The van der Waals surface area contributed by atoms with E-state index in [9.17, 15) is 9.59 Å². The Hall–Kier alpha value is -2.32.